The molecule has 0 bridgehead atoms. The van der Waals surface area contributed by atoms with Crippen molar-refractivity contribution in [1.29, 1.82) is 0 Å². The van der Waals surface area contributed by atoms with Crippen LogP contribution in [0.25, 0.3) is 0 Å². The Labute approximate surface area is 119 Å². The van der Waals surface area contributed by atoms with Crippen LogP contribution in [-0.4, -0.2) is 47.0 Å². The second kappa shape index (κ2) is 10.6. The molecule has 19 heavy (non-hydrogen) atoms. The van der Waals surface area contributed by atoms with Crippen molar-refractivity contribution in [3.63, 3.8) is 0 Å². The summed E-state index contributed by atoms with van der Waals surface area (Å²) in [5.41, 5.74) is 0. The number of rotatable bonds is 11. The van der Waals surface area contributed by atoms with E-state index >= 15 is 0 Å². The molecule has 114 valence electrons. The number of aliphatic hydroxyl groups is 2. The lowest BCUT2D eigenvalue weighted by atomic mass is 10.1. The minimum absolute atomic E-state index is 0.525. The quantitative estimate of drug-likeness (QED) is 0.568. The minimum atomic E-state index is -0.525. The van der Waals surface area contributed by atoms with Crippen molar-refractivity contribution in [2.45, 2.75) is 83.3 Å². The van der Waals surface area contributed by atoms with Crippen molar-refractivity contribution in [1.82, 2.24) is 4.90 Å². The molecule has 3 heteroatoms. The molecular weight excluding hydrogens is 238 g/mol. The fourth-order valence-electron chi connectivity index (χ4n) is 2.85. The molecule has 0 spiro atoms. The summed E-state index contributed by atoms with van der Waals surface area (Å²) in [5, 5.41) is 18.9. The van der Waals surface area contributed by atoms with Gasteiger partial charge in [-0.15, -0.1) is 0 Å². The summed E-state index contributed by atoms with van der Waals surface area (Å²) in [6, 6.07) is 0. The molecular formula is C16H33NO2. The average molecular weight is 271 g/mol. The Morgan fingerprint density at radius 1 is 0.737 bits per heavy atom. The number of likely N-dealkylation sites (tertiary alicyclic amines) is 1. The van der Waals surface area contributed by atoms with Gasteiger partial charge in [0.05, 0.1) is 12.2 Å². The van der Waals surface area contributed by atoms with Crippen molar-refractivity contribution >= 4 is 0 Å². The lowest BCUT2D eigenvalue weighted by Crippen LogP contribution is -2.23. The van der Waals surface area contributed by atoms with Crippen LogP contribution in [-0.2, 0) is 0 Å². The molecule has 0 amide bonds. The first-order valence-corrected chi connectivity index (χ1v) is 8.32. The minimum Gasteiger partial charge on any atom is -0.389 e. The highest BCUT2D eigenvalue weighted by molar-refractivity contribution is 4.82. The molecule has 1 heterocycles. The third-order valence-electron chi connectivity index (χ3n) is 4.16. The van der Waals surface area contributed by atoms with Crippen LogP contribution in [0.1, 0.15) is 71.1 Å². The van der Waals surface area contributed by atoms with Crippen LogP contribution < -0.4 is 0 Å². The lowest BCUT2D eigenvalue weighted by Gasteiger charge is -2.13. The maximum Gasteiger partial charge on any atom is 0.0938 e. The summed E-state index contributed by atoms with van der Waals surface area (Å²) < 4.78 is 0. The largest absolute Gasteiger partial charge is 0.389 e. The lowest BCUT2D eigenvalue weighted by molar-refractivity contribution is 0.0572. The van der Waals surface area contributed by atoms with Crippen LogP contribution in [0.3, 0.4) is 0 Å². The second-order valence-electron chi connectivity index (χ2n) is 6.08. The normalized spacial score (nSPS) is 24.2. The van der Waals surface area contributed by atoms with E-state index in [1.54, 1.807) is 0 Å². The fraction of sp³-hybridized carbons (Fsp3) is 1.00. The topological polar surface area (TPSA) is 43.7 Å². The Balaban J connectivity index is 1.79. The van der Waals surface area contributed by atoms with Gasteiger partial charge in [0, 0.05) is 13.1 Å². The SMILES string of the molecule is CCCCCCCCCCCCN1CC(O)C(O)C1. The number of aliphatic hydroxyl groups excluding tert-OH is 2. The van der Waals surface area contributed by atoms with E-state index in [-0.39, 0.29) is 0 Å². The predicted molar refractivity (Wildman–Crippen MR) is 80.3 cm³/mol. The maximum atomic E-state index is 9.44. The van der Waals surface area contributed by atoms with Gasteiger partial charge < -0.3 is 10.2 Å². The Hall–Kier alpha value is -0.120. The smallest absolute Gasteiger partial charge is 0.0938 e. The van der Waals surface area contributed by atoms with Crippen LogP contribution in [0.2, 0.25) is 0 Å². The third-order valence-corrected chi connectivity index (χ3v) is 4.16. The Kier molecular flexibility index (Phi) is 9.48. The van der Waals surface area contributed by atoms with Gasteiger partial charge in [-0.3, -0.25) is 4.90 Å². The number of nitrogens with zero attached hydrogens (tertiary/aromatic N) is 1. The Morgan fingerprint density at radius 3 is 1.63 bits per heavy atom. The summed E-state index contributed by atoms with van der Waals surface area (Å²) in [6.45, 7) is 4.60. The summed E-state index contributed by atoms with van der Waals surface area (Å²) in [6.07, 6.45) is 12.5. The van der Waals surface area contributed by atoms with E-state index in [1.807, 2.05) is 0 Å². The van der Waals surface area contributed by atoms with E-state index in [0.717, 1.165) is 6.54 Å². The zero-order valence-corrected chi connectivity index (χ0v) is 12.7. The summed E-state index contributed by atoms with van der Waals surface area (Å²) in [7, 11) is 0. The molecule has 1 fully saturated rings. The Bertz CT molecular complexity index is 201. The van der Waals surface area contributed by atoms with Crippen molar-refractivity contribution in [3.8, 4) is 0 Å². The van der Waals surface area contributed by atoms with Crippen LogP contribution >= 0.6 is 0 Å². The third kappa shape index (κ3) is 7.91. The molecule has 1 aliphatic heterocycles. The van der Waals surface area contributed by atoms with Crippen LogP contribution in [0.5, 0.6) is 0 Å². The van der Waals surface area contributed by atoms with Crippen molar-refractivity contribution in [3.05, 3.63) is 0 Å². The second-order valence-corrected chi connectivity index (χ2v) is 6.08. The van der Waals surface area contributed by atoms with Gasteiger partial charge in [-0.2, -0.15) is 0 Å². The molecule has 0 aromatic heterocycles. The zero-order valence-electron chi connectivity index (χ0n) is 12.7. The van der Waals surface area contributed by atoms with Crippen molar-refractivity contribution in [2.75, 3.05) is 19.6 Å². The highest BCUT2D eigenvalue weighted by Crippen LogP contribution is 2.13. The van der Waals surface area contributed by atoms with Crippen LogP contribution in [0.4, 0.5) is 0 Å². The molecule has 0 saturated carbocycles. The van der Waals surface area contributed by atoms with E-state index in [9.17, 15) is 10.2 Å². The van der Waals surface area contributed by atoms with Crippen LogP contribution in [0.15, 0.2) is 0 Å². The number of unbranched alkanes of at least 4 members (excludes halogenated alkanes) is 9. The molecule has 1 aliphatic rings. The van der Waals surface area contributed by atoms with Gasteiger partial charge in [0.1, 0.15) is 0 Å². The molecule has 2 N–H and O–H groups in total. The molecule has 0 aromatic rings. The van der Waals surface area contributed by atoms with E-state index < -0.39 is 12.2 Å². The summed E-state index contributed by atoms with van der Waals surface area (Å²) in [5.74, 6) is 0. The first kappa shape index (κ1) is 16.9. The monoisotopic (exact) mass is 271 g/mol. The standard InChI is InChI=1S/C16H33NO2/c1-2-3-4-5-6-7-8-9-10-11-12-17-13-15(18)16(19)14-17/h15-16,18-19H,2-14H2,1H3. The first-order chi connectivity index (χ1) is 9.24. The molecule has 2 unspecified atom stereocenters. The Morgan fingerprint density at radius 2 is 1.16 bits per heavy atom. The van der Waals surface area contributed by atoms with Gasteiger partial charge in [0.2, 0.25) is 0 Å². The molecule has 1 rings (SSSR count). The maximum absolute atomic E-state index is 9.44. The van der Waals surface area contributed by atoms with Gasteiger partial charge in [-0.25, -0.2) is 0 Å². The zero-order chi connectivity index (χ0) is 13.9. The molecule has 1 saturated heterocycles. The van der Waals surface area contributed by atoms with Gasteiger partial charge in [-0.05, 0) is 13.0 Å². The van der Waals surface area contributed by atoms with E-state index in [0.29, 0.717) is 13.1 Å². The highest BCUT2D eigenvalue weighted by Gasteiger charge is 2.28. The van der Waals surface area contributed by atoms with Crippen LogP contribution in [0, 0.1) is 0 Å². The molecule has 0 aromatic carbocycles. The molecule has 2 atom stereocenters. The number of hydrogen-bond donors (Lipinski definition) is 2. The van der Waals surface area contributed by atoms with E-state index in [4.69, 9.17) is 0 Å². The first-order valence-electron chi connectivity index (χ1n) is 8.32. The van der Waals surface area contributed by atoms with Crippen molar-refractivity contribution in [2.24, 2.45) is 0 Å². The van der Waals surface area contributed by atoms with Gasteiger partial charge in [-0.1, -0.05) is 64.7 Å². The molecule has 0 aliphatic carbocycles. The summed E-state index contributed by atoms with van der Waals surface area (Å²) >= 11 is 0. The predicted octanol–water partition coefficient (Wildman–Crippen LogP) is 2.94. The number of β-amino-alcohol motifs (C(OH)–C–C–N with tert-alkyl or cyclic N) is 2. The van der Waals surface area contributed by atoms with Gasteiger partial charge >= 0.3 is 0 Å². The fourth-order valence-corrected chi connectivity index (χ4v) is 2.85. The van der Waals surface area contributed by atoms with Crippen molar-refractivity contribution < 1.29 is 10.2 Å². The summed E-state index contributed by atoms with van der Waals surface area (Å²) in [4.78, 5) is 2.18. The average Bonchev–Trinajstić information content (AvgIpc) is 2.71. The van der Waals surface area contributed by atoms with E-state index in [2.05, 4.69) is 11.8 Å². The highest BCUT2D eigenvalue weighted by atomic mass is 16.3. The molecule has 0 radical (unpaired) electrons. The molecule has 3 nitrogen and oxygen atoms in total. The van der Waals surface area contributed by atoms with Gasteiger partial charge in [0.15, 0.2) is 0 Å². The van der Waals surface area contributed by atoms with E-state index in [1.165, 1.54) is 64.2 Å². The van der Waals surface area contributed by atoms with Gasteiger partial charge in [0.25, 0.3) is 0 Å². The number of hydrogen-bond acceptors (Lipinski definition) is 3.